The molecule has 16 heavy (non-hydrogen) atoms. The van der Waals surface area contributed by atoms with Gasteiger partial charge in [0.1, 0.15) is 0 Å². The molecule has 2 nitrogen and oxygen atoms in total. The van der Waals surface area contributed by atoms with Crippen molar-refractivity contribution in [2.75, 3.05) is 6.54 Å². The number of hydrogen-bond acceptors (Lipinski definition) is 2. The fourth-order valence-electron chi connectivity index (χ4n) is 2.47. The zero-order valence-corrected chi connectivity index (χ0v) is 13.6. The third kappa shape index (κ3) is 3.53. The fraction of sp³-hybridized carbons (Fsp3) is 0.583. The van der Waals surface area contributed by atoms with Crippen LogP contribution in [0.2, 0.25) is 0 Å². The first-order valence-electron chi connectivity index (χ1n) is 5.63. The molecule has 90 valence electrons. The monoisotopic (exact) mass is 444 g/mol. The lowest BCUT2D eigenvalue weighted by Crippen LogP contribution is -2.37. The van der Waals surface area contributed by atoms with Crippen molar-refractivity contribution in [2.45, 2.75) is 37.5 Å². The van der Waals surface area contributed by atoms with Gasteiger partial charge in [0.05, 0.1) is 0 Å². The quantitative estimate of drug-likeness (QED) is 0.701. The Bertz CT molecular complexity index is 284. The summed E-state index contributed by atoms with van der Waals surface area (Å²) in [6.45, 7) is 0.740. The molecule has 0 aliphatic heterocycles. The van der Waals surface area contributed by atoms with E-state index < -0.39 is 0 Å². The molecular weight excluding hydrogens is 426 g/mol. The van der Waals surface area contributed by atoms with Crippen molar-refractivity contribution >= 4 is 37.2 Å². The molecule has 2 rings (SSSR count). The van der Waals surface area contributed by atoms with Gasteiger partial charge in [-0.2, -0.15) is 0 Å². The van der Waals surface area contributed by atoms with Gasteiger partial charge in [0.2, 0.25) is 0 Å². The fourth-order valence-corrected chi connectivity index (χ4v) is 2.47. The highest BCUT2D eigenvalue weighted by molar-refractivity contribution is 15.0. The SMILES string of the molecule is II.NCC1(c2ccccn2)CCCCC1. The predicted octanol–water partition coefficient (Wildman–Crippen LogP) is 4.01. The van der Waals surface area contributed by atoms with Gasteiger partial charge in [-0.15, -0.1) is 0 Å². The van der Waals surface area contributed by atoms with Crippen LogP contribution in [0.25, 0.3) is 0 Å². The van der Waals surface area contributed by atoms with Crippen molar-refractivity contribution in [3.63, 3.8) is 0 Å². The molecule has 0 atom stereocenters. The van der Waals surface area contributed by atoms with Gasteiger partial charge in [-0.05, 0) is 25.0 Å². The molecule has 1 aromatic heterocycles. The maximum Gasteiger partial charge on any atom is 0.0477 e. The van der Waals surface area contributed by atoms with E-state index in [0.29, 0.717) is 0 Å². The average Bonchev–Trinajstić information content (AvgIpc) is 2.43. The van der Waals surface area contributed by atoms with Gasteiger partial charge in [0.25, 0.3) is 0 Å². The van der Waals surface area contributed by atoms with Crippen molar-refractivity contribution < 1.29 is 0 Å². The van der Waals surface area contributed by atoms with Crippen LogP contribution in [0.4, 0.5) is 0 Å². The smallest absolute Gasteiger partial charge is 0.0477 e. The number of hydrogen-bond donors (Lipinski definition) is 1. The third-order valence-corrected chi connectivity index (χ3v) is 3.41. The van der Waals surface area contributed by atoms with Crippen LogP contribution in [0.5, 0.6) is 0 Å². The Kier molecular flexibility index (Phi) is 7.14. The molecule has 0 radical (unpaired) electrons. The van der Waals surface area contributed by atoms with E-state index in [1.165, 1.54) is 37.8 Å². The summed E-state index contributed by atoms with van der Waals surface area (Å²) < 4.78 is 0. The Hall–Kier alpha value is 0.570. The molecular formula is C12H18I2N2. The van der Waals surface area contributed by atoms with Gasteiger partial charge in [-0.25, -0.2) is 0 Å². The topological polar surface area (TPSA) is 38.9 Å². The molecule has 0 unspecified atom stereocenters. The molecule has 0 bridgehead atoms. The average molecular weight is 444 g/mol. The number of nitrogens with two attached hydrogens (primary N) is 1. The first-order valence-corrected chi connectivity index (χ1v) is 11.9. The van der Waals surface area contributed by atoms with E-state index in [2.05, 4.69) is 54.3 Å². The van der Waals surface area contributed by atoms with Crippen LogP contribution >= 0.6 is 37.2 Å². The summed E-state index contributed by atoms with van der Waals surface area (Å²) in [5, 5.41) is 0. The van der Waals surface area contributed by atoms with Crippen LogP contribution in [0, 0.1) is 0 Å². The Morgan fingerprint density at radius 1 is 1.19 bits per heavy atom. The number of aromatic nitrogens is 1. The molecule has 0 amide bonds. The van der Waals surface area contributed by atoms with E-state index in [1.54, 1.807) is 0 Å². The summed E-state index contributed by atoms with van der Waals surface area (Å²) in [7, 11) is 0. The van der Waals surface area contributed by atoms with Crippen LogP contribution in [-0.4, -0.2) is 11.5 Å². The molecule has 1 saturated carbocycles. The predicted molar refractivity (Wildman–Crippen MR) is 86.1 cm³/mol. The second kappa shape index (κ2) is 7.81. The molecule has 0 saturated heterocycles. The second-order valence-corrected chi connectivity index (χ2v) is 4.26. The van der Waals surface area contributed by atoms with Crippen molar-refractivity contribution in [2.24, 2.45) is 5.73 Å². The van der Waals surface area contributed by atoms with E-state index in [-0.39, 0.29) is 5.41 Å². The van der Waals surface area contributed by atoms with Crippen LogP contribution in [0.15, 0.2) is 24.4 Å². The first-order chi connectivity index (χ1) is 7.87. The molecule has 2 N–H and O–H groups in total. The van der Waals surface area contributed by atoms with Crippen molar-refractivity contribution in [1.82, 2.24) is 4.98 Å². The molecule has 0 spiro atoms. The van der Waals surface area contributed by atoms with Crippen molar-refractivity contribution in [3.8, 4) is 0 Å². The maximum absolute atomic E-state index is 5.93. The lowest BCUT2D eigenvalue weighted by Gasteiger charge is -2.35. The Balaban J connectivity index is 0.000000606. The highest BCUT2D eigenvalue weighted by Crippen LogP contribution is 2.37. The van der Waals surface area contributed by atoms with Crippen LogP contribution in [0.1, 0.15) is 37.8 Å². The van der Waals surface area contributed by atoms with Crippen LogP contribution in [-0.2, 0) is 5.41 Å². The Morgan fingerprint density at radius 3 is 2.38 bits per heavy atom. The van der Waals surface area contributed by atoms with Gasteiger partial charge in [0.15, 0.2) is 0 Å². The number of rotatable bonds is 2. The summed E-state index contributed by atoms with van der Waals surface area (Å²) in [4.78, 5) is 4.47. The summed E-state index contributed by atoms with van der Waals surface area (Å²) in [6, 6.07) is 6.16. The van der Waals surface area contributed by atoms with E-state index in [0.717, 1.165) is 6.54 Å². The van der Waals surface area contributed by atoms with Gasteiger partial charge in [0, 0.05) is 61.1 Å². The minimum Gasteiger partial charge on any atom is -0.330 e. The second-order valence-electron chi connectivity index (χ2n) is 4.26. The number of nitrogens with zero attached hydrogens (tertiary/aromatic N) is 1. The molecule has 1 heterocycles. The van der Waals surface area contributed by atoms with Gasteiger partial charge in [-0.1, -0.05) is 25.3 Å². The summed E-state index contributed by atoms with van der Waals surface area (Å²) in [5.41, 5.74) is 7.31. The molecule has 1 fully saturated rings. The zero-order chi connectivity index (χ0) is 11.9. The minimum absolute atomic E-state index is 0.180. The van der Waals surface area contributed by atoms with Crippen LogP contribution in [0.3, 0.4) is 0 Å². The van der Waals surface area contributed by atoms with E-state index in [9.17, 15) is 0 Å². The highest BCUT2D eigenvalue weighted by atomic mass is 128. The van der Waals surface area contributed by atoms with Crippen molar-refractivity contribution in [3.05, 3.63) is 30.1 Å². The maximum atomic E-state index is 5.93. The van der Waals surface area contributed by atoms with Gasteiger partial charge >= 0.3 is 0 Å². The van der Waals surface area contributed by atoms with Crippen molar-refractivity contribution in [1.29, 1.82) is 0 Å². The lowest BCUT2D eigenvalue weighted by molar-refractivity contribution is 0.293. The van der Waals surface area contributed by atoms with Gasteiger partial charge in [-0.3, -0.25) is 4.98 Å². The molecule has 4 heteroatoms. The molecule has 0 aromatic carbocycles. The lowest BCUT2D eigenvalue weighted by atomic mass is 9.71. The Labute approximate surface area is 121 Å². The number of pyridine rings is 1. The van der Waals surface area contributed by atoms with Gasteiger partial charge < -0.3 is 5.73 Å². The third-order valence-electron chi connectivity index (χ3n) is 3.41. The first kappa shape index (κ1) is 14.6. The normalized spacial score (nSPS) is 18.4. The summed E-state index contributed by atoms with van der Waals surface area (Å²) >= 11 is 4.24. The van der Waals surface area contributed by atoms with E-state index in [1.807, 2.05) is 12.3 Å². The summed E-state index contributed by atoms with van der Waals surface area (Å²) in [5.74, 6) is 0. The molecule has 1 aromatic rings. The minimum atomic E-state index is 0.180. The van der Waals surface area contributed by atoms with E-state index in [4.69, 9.17) is 5.73 Å². The highest BCUT2D eigenvalue weighted by Gasteiger charge is 2.33. The summed E-state index contributed by atoms with van der Waals surface area (Å²) in [6.07, 6.45) is 8.25. The van der Waals surface area contributed by atoms with E-state index >= 15 is 0 Å². The number of halogens is 2. The van der Waals surface area contributed by atoms with Crippen LogP contribution < -0.4 is 5.73 Å². The zero-order valence-electron chi connectivity index (χ0n) is 9.33. The molecule has 1 aliphatic carbocycles. The Morgan fingerprint density at radius 2 is 1.88 bits per heavy atom. The largest absolute Gasteiger partial charge is 0.330 e. The standard InChI is InChI=1S/C12H18N2.I2/c13-10-12(7-3-1-4-8-12)11-6-2-5-9-14-11;1-2/h2,5-6,9H,1,3-4,7-8,10,13H2;. The molecule has 1 aliphatic rings.